The van der Waals surface area contributed by atoms with Crippen molar-refractivity contribution in [2.45, 2.75) is 20.0 Å². The van der Waals surface area contributed by atoms with Crippen LogP contribution in [0.25, 0.3) is 11.0 Å². The molecule has 0 amide bonds. The topological polar surface area (TPSA) is 48.7 Å². The molecule has 1 heterocycles. The molecule has 2 aromatic carbocycles. The van der Waals surface area contributed by atoms with Gasteiger partial charge in [-0.25, -0.2) is 0 Å². The van der Waals surface area contributed by atoms with Crippen molar-refractivity contribution in [2.75, 3.05) is 7.11 Å². The van der Waals surface area contributed by atoms with E-state index in [1.807, 2.05) is 49.4 Å². The Morgan fingerprint density at radius 2 is 2.00 bits per heavy atom. The van der Waals surface area contributed by atoms with E-state index < -0.39 is 0 Å². The third kappa shape index (κ3) is 3.62. The highest BCUT2D eigenvalue weighted by Gasteiger charge is 2.11. The lowest BCUT2D eigenvalue weighted by Crippen LogP contribution is -2.06. The van der Waals surface area contributed by atoms with Crippen molar-refractivity contribution in [3.63, 3.8) is 0 Å². The number of halogens is 1. The molecule has 3 aromatic rings. The number of benzene rings is 2. The minimum absolute atomic E-state index is 0.191. The van der Waals surface area contributed by atoms with Gasteiger partial charge in [0.15, 0.2) is 0 Å². The number of furan rings is 1. The molecular weight excluding hydrogens is 372 g/mol. The zero-order valence-electron chi connectivity index (χ0n) is 13.5. The smallest absolute Gasteiger partial charge is 0.310 e. The van der Waals surface area contributed by atoms with Gasteiger partial charge in [-0.3, -0.25) is 4.79 Å². The molecule has 3 rings (SSSR count). The Balaban J connectivity index is 1.80. The van der Waals surface area contributed by atoms with Crippen molar-refractivity contribution >= 4 is 32.9 Å². The van der Waals surface area contributed by atoms with Gasteiger partial charge in [-0.2, -0.15) is 0 Å². The van der Waals surface area contributed by atoms with Gasteiger partial charge in [0.25, 0.3) is 0 Å². The Bertz CT molecular complexity index is 882. The number of hydrogen-bond acceptors (Lipinski definition) is 4. The number of ether oxygens (including phenoxy) is 2. The number of hydrogen-bond donors (Lipinski definition) is 0. The van der Waals surface area contributed by atoms with Crippen LogP contribution >= 0.6 is 15.9 Å². The van der Waals surface area contributed by atoms with Gasteiger partial charge in [-0.05, 0) is 52.7 Å². The van der Waals surface area contributed by atoms with E-state index in [0.29, 0.717) is 12.4 Å². The molecule has 124 valence electrons. The number of carbonyl (C=O) groups excluding carboxylic acids is 1. The van der Waals surface area contributed by atoms with Crippen molar-refractivity contribution in [3.05, 3.63) is 63.8 Å². The number of aryl methyl sites for hydroxylation is 1. The minimum atomic E-state index is -0.288. The summed E-state index contributed by atoms with van der Waals surface area (Å²) in [5.74, 6) is 1.26. The van der Waals surface area contributed by atoms with Crippen molar-refractivity contribution in [1.82, 2.24) is 0 Å². The van der Waals surface area contributed by atoms with E-state index in [9.17, 15) is 4.79 Å². The Morgan fingerprint density at radius 3 is 2.79 bits per heavy atom. The first-order valence-electron chi connectivity index (χ1n) is 7.53. The fraction of sp³-hybridized carbons (Fsp3) is 0.211. The van der Waals surface area contributed by atoms with Crippen molar-refractivity contribution in [3.8, 4) is 5.75 Å². The fourth-order valence-corrected chi connectivity index (χ4v) is 3.16. The van der Waals surface area contributed by atoms with Crippen LogP contribution in [0.15, 0.2) is 51.4 Å². The van der Waals surface area contributed by atoms with Crippen LogP contribution in [0.1, 0.15) is 16.9 Å². The molecule has 1 aromatic heterocycles. The average molecular weight is 389 g/mol. The first-order chi connectivity index (χ1) is 11.6. The molecule has 0 spiro atoms. The number of para-hydroxylation sites is 1. The van der Waals surface area contributed by atoms with Gasteiger partial charge >= 0.3 is 5.97 Å². The highest BCUT2D eigenvalue weighted by molar-refractivity contribution is 9.10. The number of methoxy groups -OCH3 is 1. The van der Waals surface area contributed by atoms with Gasteiger partial charge < -0.3 is 13.9 Å². The van der Waals surface area contributed by atoms with E-state index in [2.05, 4.69) is 15.9 Å². The maximum Gasteiger partial charge on any atom is 0.310 e. The molecule has 0 atom stereocenters. The molecule has 4 nitrogen and oxygen atoms in total. The number of esters is 1. The predicted octanol–water partition coefficient (Wildman–Crippen LogP) is 4.80. The van der Waals surface area contributed by atoms with Crippen molar-refractivity contribution < 1.29 is 18.7 Å². The molecule has 24 heavy (non-hydrogen) atoms. The Labute approximate surface area is 148 Å². The van der Waals surface area contributed by atoms with E-state index in [4.69, 9.17) is 13.9 Å². The molecule has 0 bridgehead atoms. The third-order valence-electron chi connectivity index (χ3n) is 3.68. The Kier molecular flexibility index (Phi) is 4.90. The maximum atomic E-state index is 11.5. The molecule has 5 heteroatoms. The van der Waals surface area contributed by atoms with Crippen LogP contribution < -0.4 is 4.74 Å². The zero-order chi connectivity index (χ0) is 17.1. The number of fused-ring (bicyclic) bond motifs is 1. The van der Waals surface area contributed by atoms with E-state index >= 15 is 0 Å². The number of rotatable bonds is 5. The van der Waals surface area contributed by atoms with Crippen LogP contribution in [0.4, 0.5) is 0 Å². The van der Waals surface area contributed by atoms with Crippen molar-refractivity contribution in [2.24, 2.45) is 0 Å². The molecule has 0 fully saturated rings. The highest BCUT2D eigenvalue weighted by Crippen LogP contribution is 2.29. The van der Waals surface area contributed by atoms with Crippen LogP contribution in [0.2, 0.25) is 0 Å². The molecule has 0 saturated carbocycles. The van der Waals surface area contributed by atoms with Gasteiger partial charge in [-0.1, -0.05) is 18.2 Å². The monoisotopic (exact) mass is 388 g/mol. The molecular formula is C19H17BrO4. The summed E-state index contributed by atoms with van der Waals surface area (Å²) >= 11 is 3.53. The summed E-state index contributed by atoms with van der Waals surface area (Å²) in [4.78, 5) is 11.5. The van der Waals surface area contributed by atoms with Gasteiger partial charge in [0.2, 0.25) is 0 Å². The second-order valence-electron chi connectivity index (χ2n) is 5.50. The van der Waals surface area contributed by atoms with Crippen molar-refractivity contribution in [1.29, 1.82) is 0 Å². The molecule has 0 aliphatic heterocycles. The summed E-state index contributed by atoms with van der Waals surface area (Å²) in [5.41, 5.74) is 2.66. The Morgan fingerprint density at radius 1 is 1.21 bits per heavy atom. The predicted molar refractivity (Wildman–Crippen MR) is 95.1 cm³/mol. The lowest BCUT2D eigenvalue weighted by Gasteiger charge is -2.11. The number of carbonyl (C=O) groups is 1. The summed E-state index contributed by atoms with van der Waals surface area (Å²) in [6.45, 7) is 2.32. The molecule has 0 N–H and O–H groups in total. The highest BCUT2D eigenvalue weighted by atomic mass is 79.9. The first kappa shape index (κ1) is 16.6. The van der Waals surface area contributed by atoms with E-state index in [0.717, 1.165) is 32.3 Å². The van der Waals surface area contributed by atoms with E-state index in [-0.39, 0.29) is 12.4 Å². The first-order valence-corrected chi connectivity index (χ1v) is 8.32. The van der Waals surface area contributed by atoms with E-state index in [1.54, 1.807) is 0 Å². The summed E-state index contributed by atoms with van der Waals surface area (Å²) in [6, 6.07) is 13.5. The Hall–Kier alpha value is -2.27. The van der Waals surface area contributed by atoms with Crippen LogP contribution in [-0.2, 0) is 22.6 Å². The third-order valence-corrected chi connectivity index (χ3v) is 4.27. The van der Waals surface area contributed by atoms with Gasteiger partial charge in [0.1, 0.15) is 23.7 Å². The summed E-state index contributed by atoms with van der Waals surface area (Å²) < 4.78 is 17.2. The molecule has 0 unspecified atom stereocenters. The molecule has 0 aliphatic rings. The summed E-state index contributed by atoms with van der Waals surface area (Å²) in [7, 11) is 1.38. The van der Waals surface area contributed by atoms with E-state index in [1.165, 1.54) is 7.11 Å². The molecule has 0 saturated heterocycles. The quantitative estimate of drug-likeness (QED) is 0.589. The lowest BCUT2D eigenvalue weighted by atomic mass is 10.1. The van der Waals surface area contributed by atoms with Gasteiger partial charge in [0, 0.05) is 10.9 Å². The molecule has 0 radical (unpaired) electrons. The zero-order valence-corrected chi connectivity index (χ0v) is 15.1. The second-order valence-corrected chi connectivity index (χ2v) is 6.36. The summed E-state index contributed by atoms with van der Waals surface area (Å²) in [6.07, 6.45) is 0.191. The van der Waals surface area contributed by atoms with Gasteiger partial charge in [0.05, 0.1) is 18.0 Å². The summed E-state index contributed by atoms with van der Waals surface area (Å²) in [5, 5.41) is 1.03. The van der Waals surface area contributed by atoms with Crippen LogP contribution in [0, 0.1) is 6.92 Å². The largest absolute Gasteiger partial charge is 0.489 e. The fourth-order valence-electron chi connectivity index (χ4n) is 2.56. The average Bonchev–Trinajstić information content (AvgIpc) is 2.95. The lowest BCUT2D eigenvalue weighted by molar-refractivity contribution is -0.139. The van der Waals surface area contributed by atoms with Crippen LogP contribution in [0.5, 0.6) is 5.75 Å². The second kappa shape index (κ2) is 7.09. The molecule has 0 aliphatic carbocycles. The van der Waals surface area contributed by atoms with Crippen LogP contribution in [0.3, 0.4) is 0 Å². The normalized spacial score (nSPS) is 10.8. The SMILES string of the molecule is COC(=O)Cc1ccccc1OCc1cc(Br)c2oc(C)cc2c1. The standard InChI is InChI=1S/C19H17BrO4/c1-12-7-15-8-13(9-16(20)19(15)24-12)11-23-17-6-4-3-5-14(17)10-18(21)22-2/h3-9H,10-11H2,1-2H3. The van der Waals surface area contributed by atoms with Crippen LogP contribution in [-0.4, -0.2) is 13.1 Å². The van der Waals surface area contributed by atoms with Gasteiger partial charge in [-0.15, -0.1) is 0 Å². The minimum Gasteiger partial charge on any atom is -0.489 e. The maximum absolute atomic E-state index is 11.5.